The van der Waals surface area contributed by atoms with Gasteiger partial charge in [0.1, 0.15) is 42.2 Å². The SMILES string of the molecule is C=C(C)[C@H]1Cc2c(ccc3c2O[C@@H]2COc4cc(OC)c(OC)cc4[C@@H]2[C@@H]3OC(=O)C2CC(C)(C)N(O)C(C)(C)C2)O1. The van der Waals surface area contributed by atoms with Crippen LogP contribution in [-0.4, -0.2) is 60.4 Å². The third-order valence-electron chi connectivity index (χ3n) is 9.25. The fourth-order valence-electron chi connectivity index (χ4n) is 7.29. The smallest absolute Gasteiger partial charge is 0.309 e. The third-order valence-corrected chi connectivity index (χ3v) is 9.25. The molecule has 0 bridgehead atoms. The molecule has 0 aromatic heterocycles. The van der Waals surface area contributed by atoms with Crippen molar-refractivity contribution in [3.05, 3.63) is 53.1 Å². The van der Waals surface area contributed by atoms with Crippen LogP contribution in [0.5, 0.6) is 28.7 Å². The summed E-state index contributed by atoms with van der Waals surface area (Å²) in [5.74, 6) is 2.18. The highest BCUT2D eigenvalue weighted by Crippen LogP contribution is 2.55. The van der Waals surface area contributed by atoms with E-state index in [1.54, 1.807) is 14.2 Å². The molecule has 9 nitrogen and oxygen atoms in total. The van der Waals surface area contributed by atoms with Crippen molar-refractivity contribution in [2.45, 2.75) is 89.2 Å². The average molecular weight is 580 g/mol. The largest absolute Gasteiger partial charge is 0.493 e. The zero-order chi connectivity index (χ0) is 30.1. The quantitative estimate of drug-likeness (QED) is 0.350. The molecule has 4 heterocycles. The van der Waals surface area contributed by atoms with E-state index < -0.39 is 29.2 Å². The molecule has 6 rings (SSSR count). The summed E-state index contributed by atoms with van der Waals surface area (Å²) in [6, 6.07) is 7.59. The Balaban J connectivity index is 1.43. The van der Waals surface area contributed by atoms with Gasteiger partial charge in [-0.1, -0.05) is 6.58 Å². The van der Waals surface area contributed by atoms with E-state index in [0.717, 1.165) is 28.0 Å². The van der Waals surface area contributed by atoms with Gasteiger partial charge in [-0.15, -0.1) is 0 Å². The van der Waals surface area contributed by atoms with Crippen LogP contribution in [0.4, 0.5) is 0 Å². The Hall–Kier alpha value is -3.43. The summed E-state index contributed by atoms with van der Waals surface area (Å²) in [6.45, 7) is 14.1. The third kappa shape index (κ3) is 4.57. The van der Waals surface area contributed by atoms with Crippen molar-refractivity contribution in [2.75, 3.05) is 20.8 Å². The van der Waals surface area contributed by atoms with Crippen LogP contribution in [0.3, 0.4) is 0 Å². The van der Waals surface area contributed by atoms with Crippen molar-refractivity contribution in [1.82, 2.24) is 5.06 Å². The topological polar surface area (TPSA) is 95.9 Å². The molecule has 4 atom stereocenters. The Morgan fingerprint density at radius 2 is 1.67 bits per heavy atom. The van der Waals surface area contributed by atoms with E-state index >= 15 is 0 Å². The molecule has 1 fully saturated rings. The lowest BCUT2D eigenvalue weighted by atomic mass is 9.75. The van der Waals surface area contributed by atoms with Crippen molar-refractivity contribution in [3.8, 4) is 28.7 Å². The maximum Gasteiger partial charge on any atom is 0.309 e. The molecule has 42 heavy (non-hydrogen) atoms. The highest BCUT2D eigenvalue weighted by molar-refractivity contribution is 5.74. The summed E-state index contributed by atoms with van der Waals surface area (Å²) in [6.07, 6.45) is 0.383. The Morgan fingerprint density at radius 1 is 1.00 bits per heavy atom. The van der Waals surface area contributed by atoms with Crippen molar-refractivity contribution in [2.24, 2.45) is 5.92 Å². The molecule has 0 unspecified atom stereocenters. The number of benzene rings is 2. The number of esters is 1. The van der Waals surface area contributed by atoms with Crippen LogP contribution in [-0.2, 0) is 16.0 Å². The van der Waals surface area contributed by atoms with E-state index in [1.807, 2.05) is 58.9 Å². The second kappa shape index (κ2) is 10.1. The van der Waals surface area contributed by atoms with Crippen LogP contribution >= 0.6 is 0 Å². The summed E-state index contributed by atoms with van der Waals surface area (Å²) in [7, 11) is 3.18. The van der Waals surface area contributed by atoms with E-state index in [1.165, 1.54) is 5.06 Å². The van der Waals surface area contributed by atoms with E-state index in [2.05, 4.69) is 6.58 Å². The fourth-order valence-corrected chi connectivity index (χ4v) is 7.29. The first-order valence-electron chi connectivity index (χ1n) is 14.6. The number of carbonyl (C=O) groups is 1. The van der Waals surface area contributed by atoms with Crippen molar-refractivity contribution < 1.29 is 38.4 Å². The Labute approximate surface area is 247 Å². The van der Waals surface area contributed by atoms with Gasteiger partial charge in [0, 0.05) is 40.3 Å². The number of carbonyl (C=O) groups excluding carboxylic acids is 1. The van der Waals surface area contributed by atoms with E-state index in [9.17, 15) is 10.0 Å². The van der Waals surface area contributed by atoms with Gasteiger partial charge in [-0.05, 0) is 71.2 Å². The fraction of sp³-hybridized carbons (Fsp3) is 0.545. The highest BCUT2D eigenvalue weighted by Gasteiger charge is 2.51. The monoisotopic (exact) mass is 579 g/mol. The second-order valence-electron chi connectivity index (χ2n) is 13.3. The number of piperidine rings is 1. The molecule has 0 saturated carbocycles. The van der Waals surface area contributed by atoms with Crippen molar-refractivity contribution in [1.29, 1.82) is 0 Å². The lowest BCUT2D eigenvalue weighted by Gasteiger charge is -2.51. The number of fused-ring (bicyclic) bond motifs is 6. The van der Waals surface area contributed by atoms with E-state index in [-0.39, 0.29) is 24.6 Å². The molecular formula is C33H41NO8. The number of methoxy groups -OCH3 is 2. The molecular weight excluding hydrogens is 538 g/mol. The van der Waals surface area contributed by atoms with Gasteiger partial charge in [-0.25, -0.2) is 0 Å². The average Bonchev–Trinajstić information content (AvgIpc) is 3.40. The second-order valence-corrected chi connectivity index (χ2v) is 13.3. The Kier molecular flexibility index (Phi) is 6.89. The Bertz CT molecular complexity index is 1410. The van der Waals surface area contributed by atoms with Crippen LogP contribution in [0.25, 0.3) is 0 Å². The predicted octanol–water partition coefficient (Wildman–Crippen LogP) is 5.76. The van der Waals surface area contributed by atoms with Gasteiger partial charge >= 0.3 is 5.97 Å². The van der Waals surface area contributed by atoms with Gasteiger partial charge in [0.05, 0.1) is 26.1 Å². The highest BCUT2D eigenvalue weighted by atomic mass is 16.6. The predicted molar refractivity (Wildman–Crippen MR) is 155 cm³/mol. The molecule has 4 aliphatic rings. The first kappa shape index (κ1) is 28.7. The van der Waals surface area contributed by atoms with Crippen LogP contribution in [0, 0.1) is 5.92 Å². The van der Waals surface area contributed by atoms with E-state index in [4.69, 9.17) is 28.4 Å². The zero-order valence-corrected chi connectivity index (χ0v) is 25.5. The van der Waals surface area contributed by atoms with E-state index in [0.29, 0.717) is 42.3 Å². The maximum atomic E-state index is 14.1. The molecule has 2 aromatic carbocycles. The lowest BCUT2D eigenvalue weighted by Crippen LogP contribution is -2.60. The number of hydroxylamine groups is 2. The molecule has 0 spiro atoms. The molecule has 0 radical (unpaired) electrons. The van der Waals surface area contributed by atoms with Crippen molar-refractivity contribution >= 4 is 5.97 Å². The molecule has 4 aliphatic heterocycles. The number of hydrogen-bond donors (Lipinski definition) is 1. The number of hydrogen-bond acceptors (Lipinski definition) is 9. The summed E-state index contributed by atoms with van der Waals surface area (Å²) in [5.41, 5.74) is 2.34. The molecule has 2 aromatic rings. The first-order valence-corrected chi connectivity index (χ1v) is 14.6. The molecule has 1 saturated heterocycles. The normalized spacial score (nSPS) is 27.1. The van der Waals surface area contributed by atoms with Crippen molar-refractivity contribution in [3.63, 3.8) is 0 Å². The van der Waals surface area contributed by atoms with Gasteiger partial charge in [-0.2, -0.15) is 5.06 Å². The molecule has 0 amide bonds. The summed E-state index contributed by atoms with van der Waals surface area (Å²) >= 11 is 0. The number of ether oxygens (including phenoxy) is 6. The minimum absolute atomic E-state index is 0.137. The minimum atomic E-state index is -0.639. The maximum absolute atomic E-state index is 14.1. The minimum Gasteiger partial charge on any atom is -0.493 e. The summed E-state index contributed by atoms with van der Waals surface area (Å²) in [5, 5.41) is 12.2. The zero-order valence-electron chi connectivity index (χ0n) is 25.5. The summed E-state index contributed by atoms with van der Waals surface area (Å²) in [4.78, 5) is 14.1. The van der Waals surface area contributed by atoms with Crippen LogP contribution < -0.4 is 23.7 Å². The Morgan fingerprint density at radius 3 is 2.31 bits per heavy atom. The standard InChI is InChI=1S/C33H41NO8/c1-17(2)23-12-21-22(40-23)10-9-19-29(21)41-27-16-39-24-13-26(38-8)25(37-7)11-20(24)28(27)30(19)42-31(35)18-14-32(3,4)34(36)33(5,6)15-18/h9-11,13,18,23,27-28,30,36H,1,12,14-16H2,2-8H3/t23-,27-,28+,30-/m1/s1. The van der Waals surface area contributed by atoms with Gasteiger partial charge in [-0.3, -0.25) is 4.79 Å². The van der Waals surface area contributed by atoms with Gasteiger partial charge in [0.15, 0.2) is 11.5 Å². The van der Waals surface area contributed by atoms with Gasteiger partial charge in [0.2, 0.25) is 0 Å². The number of rotatable bonds is 5. The summed E-state index contributed by atoms with van der Waals surface area (Å²) < 4.78 is 36.8. The molecule has 1 N–H and O–H groups in total. The van der Waals surface area contributed by atoms with Crippen LogP contribution in [0.1, 0.15) is 76.2 Å². The van der Waals surface area contributed by atoms with Crippen LogP contribution in [0.2, 0.25) is 0 Å². The molecule has 0 aliphatic carbocycles. The lowest BCUT2D eigenvalue weighted by molar-refractivity contribution is -0.252. The van der Waals surface area contributed by atoms with Gasteiger partial charge < -0.3 is 33.6 Å². The number of nitrogens with zero attached hydrogens (tertiary/aromatic N) is 1. The first-order chi connectivity index (χ1) is 19.8. The van der Waals surface area contributed by atoms with Crippen LogP contribution in [0.15, 0.2) is 36.4 Å². The van der Waals surface area contributed by atoms with Gasteiger partial charge in [0.25, 0.3) is 0 Å². The molecule has 226 valence electrons. The molecule has 9 heteroatoms.